The first-order valence-corrected chi connectivity index (χ1v) is 8.81. The number of nitrogens with one attached hydrogen (secondary N) is 1. The van der Waals surface area contributed by atoms with E-state index in [1.54, 1.807) is 12.4 Å². The average Bonchev–Trinajstić information content (AvgIpc) is 2.94. The zero-order valence-corrected chi connectivity index (χ0v) is 14.7. The second-order valence-electron chi connectivity index (χ2n) is 6.95. The van der Waals surface area contributed by atoms with Gasteiger partial charge in [-0.3, -0.25) is 4.98 Å². The molecule has 25 heavy (non-hydrogen) atoms. The predicted octanol–water partition coefficient (Wildman–Crippen LogP) is 3.81. The molecule has 1 fully saturated rings. The van der Waals surface area contributed by atoms with Crippen LogP contribution in [0.1, 0.15) is 36.2 Å². The van der Waals surface area contributed by atoms with E-state index in [-0.39, 0.29) is 5.41 Å². The van der Waals surface area contributed by atoms with Gasteiger partial charge < -0.3 is 5.32 Å². The highest BCUT2D eigenvalue weighted by Gasteiger charge is 2.38. The highest BCUT2D eigenvalue weighted by molar-refractivity contribution is 5.39. The molecule has 1 aromatic carbocycles. The van der Waals surface area contributed by atoms with Crippen LogP contribution in [0.25, 0.3) is 5.82 Å². The van der Waals surface area contributed by atoms with Crippen LogP contribution in [0.3, 0.4) is 0 Å². The number of nitrogens with zero attached hydrogens (tertiary/aromatic N) is 4. The van der Waals surface area contributed by atoms with Crippen molar-refractivity contribution in [3.63, 3.8) is 0 Å². The quantitative estimate of drug-likeness (QED) is 0.771. The summed E-state index contributed by atoms with van der Waals surface area (Å²) in [6.07, 6.45) is 7.25. The summed E-state index contributed by atoms with van der Waals surface area (Å²) < 4.78 is 1.84. The number of aryl methyl sites for hydroxylation is 2. The van der Waals surface area contributed by atoms with Crippen LogP contribution in [0.5, 0.6) is 0 Å². The summed E-state index contributed by atoms with van der Waals surface area (Å²) in [6.45, 7) is 4.89. The van der Waals surface area contributed by atoms with Crippen molar-refractivity contribution in [1.29, 1.82) is 0 Å². The Balaban J connectivity index is 1.54. The molecule has 1 aliphatic rings. The first-order chi connectivity index (χ1) is 12.2. The van der Waals surface area contributed by atoms with E-state index in [0.717, 1.165) is 29.6 Å². The van der Waals surface area contributed by atoms with Crippen molar-refractivity contribution in [1.82, 2.24) is 19.7 Å². The molecule has 2 aromatic heterocycles. The van der Waals surface area contributed by atoms with Crippen LogP contribution in [0.2, 0.25) is 0 Å². The van der Waals surface area contributed by atoms with Crippen LogP contribution in [0, 0.1) is 13.8 Å². The van der Waals surface area contributed by atoms with E-state index in [1.165, 1.54) is 24.8 Å². The van der Waals surface area contributed by atoms with Gasteiger partial charge in [-0.15, -0.1) is 0 Å². The molecule has 0 aliphatic heterocycles. The Morgan fingerprint density at radius 2 is 1.92 bits per heavy atom. The molecule has 0 atom stereocenters. The SMILES string of the molecule is Cc1cc(C)n(-c2cncc(NCC3(c4ccccc4)CCC3)n2)n1. The minimum absolute atomic E-state index is 0.219. The molecule has 0 spiro atoms. The third-order valence-corrected chi connectivity index (χ3v) is 5.15. The van der Waals surface area contributed by atoms with Gasteiger partial charge in [0.2, 0.25) is 0 Å². The summed E-state index contributed by atoms with van der Waals surface area (Å²) >= 11 is 0. The van der Waals surface area contributed by atoms with Gasteiger partial charge >= 0.3 is 0 Å². The van der Waals surface area contributed by atoms with Crippen LogP contribution in [-0.4, -0.2) is 26.3 Å². The fourth-order valence-corrected chi connectivity index (χ4v) is 3.63. The molecule has 0 saturated heterocycles. The molecule has 128 valence electrons. The number of hydrogen-bond acceptors (Lipinski definition) is 4. The van der Waals surface area contributed by atoms with E-state index in [9.17, 15) is 0 Å². The van der Waals surface area contributed by atoms with Crippen LogP contribution in [0.4, 0.5) is 5.82 Å². The van der Waals surface area contributed by atoms with Gasteiger partial charge in [0.15, 0.2) is 5.82 Å². The summed E-state index contributed by atoms with van der Waals surface area (Å²) in [5, 5.41) is 8.00. The second kappa shape index (κ2) is 6.31. The molecule has 1 saturated carbocycles. The van der Waals surface area contributed by atoms with Gasteiger partial charge in [0.05, 0.1) is 18.1 Å². The fraction of sp³-hybridized carbons (Fsp3) is 0.350. The fourth-order valence-electron chi connectivity index (χ4n) is 3.63. The lowest BCUT2D eigenvalue weighted by Gasteiger charge is -2.42. The van der Waals surface area contributed by atoms with Gasteiger partial charge in [0.1, 0.15) is 5.82 Å². The highest BCUT2D eigenvalue weighted by Crippen LogP contribution is 2.43. The van der Waals surface area contributed by atoms with E-state index >= 15 is 0 Å². The lowest BCUT2D eigenvalue weighted by atomic mass is 9.64. The van der Waals surface area contributed by atoms with Gasteiger partial charge in [-0.25, -0.2) is 9.67 Å². The Bertz CT molecular complexity index is 865. The Morgan fingerprint density at radius 1 is 1.12 bits per heavy atom. The van der Waals surface area contributed by atoms with Gasteiger partial charge in [-0.05, 0) is 38.3 Å². The van der Waals surface area contributed by atoms with Gasteiger partial charge in [-0.2, -0.15) is 5.10 Å². The van der Waals surface area contributed by atoms with Crippen molar-refractivity contribution < 1.29 is 0 Å². The Kier molecular flexibility index (Phi) is 3.99. The first-order valence-electron chi connectivity index (χ1n) is 8.81. The third kappa shape index (κ3) is 3.02. The number of rotatable bonds is 5. The number of hydrogen-bond donors (Lipinski definition) is 1. The van der Waals surface area contributed by atoms with E-state index in [4.69, 9.17) is 4.98 Å². The van der Waals surface area contributed by atoms with Crippen molar-refractivity contribution in [3.8, 4) is 5.82 Å². The van der Waals surface area contributed by atoms with Crippen molar-refractivity contribution in [2.45, 2.75) is 38.5 Å². The topological polar surface area (TPSA) is 55.6 Å². The maximum atomic E-state index is 4.70. The Labute approximate surface area is 148 Å². The molecule has 3 aromatic rings. The monoisotopic (exact) mass is 333 g/mol. The largest absolute Gasteiger partial charge is 0.368 e. The van der Waals surface area contributed by atoms with Crippen LogP contribution in [0.15, 0.2) is 48.8 Å². The van der Waals surface area contributed by atoms with Gasteiger partial charge in [0, 0.05) is 17.7 Å². The molecule has 4 rings (SSSR count). The maximum Gasteiger partial charge on any atom is 0.174 e. The maximum absolute atomic E-state index is 4.70. The zero-order valence-electron chi connectivity index (χ0n) is 14.7. The van der Waals surface area contributed by atoms with Crippen LogP contribution in [-0.2, 0) is 5.41 Å². The number of anilines is 1. The minimum Gasteiger partial charge on any atom is -0.368 e. The van der Waals surface area contributed by atoms with Gasteiger partial charge in [0.25, 0.3) is 0 Å². The molecule has 2 heterocycles. The summed E-state index contributed by atoms with van der Waals surface area (Å²) in [5.41, 5.74) is 3.67. The molecule has 0 unspecified atom stereocenters. The number of benzene rings is 1. The normalized spacial score (nSPS) is 15.6. The Morgan fingerprint density at radius 3 is 2.56 bits per heavy atom. The van der Waals surface area contributed by atoms with Crippen LogP contribution < -0.4 is 5.32 Å². The molecular weight excluding hydrogens is 310 g/mol. The average molecular weight is 333 g/mol. The Hall–Kier alpha value is -2.69. The third-order valence-electron chi connectivity index (χ3n) is 5.15. The zero-order chi connectivity index (χ0) is 17.3. The van der Waals surface area contributed by atoms with Crippen molar-refractivity contribution in [2.75, 3.05) is 11.9 Å². The molecule has 0 bridgehead atoms. The molecular formula is C20H23N5. The smallest absolute Gasteiger partial charge is 0.174 e. The van der Waals surface area contributed by atoms with Crippen molar-refractivity contribution >= 4 is 5.82 Å². The molecule has 1 N–H and O–H groups in total. The number of aromatic nitrogens is 4. The summed E-state index contributed by atoms with van der Waals surface area (Å²) in [4.78, 5) is 9.04. The molecule has 5 nitrogen and oxygen atoms in total. The lowest BCUT2D eigenvalue weighted by Crippen LogP contribution is -2.41. The van der Waals surface area contributed by atoms with E-state index < -0.39 is 0 Å². The molecule has 5 heteroatoms. The van der Waals surface area contributed by atoms with E-state index in [1.807, 2.05) is 24.6 Å². The van der Waals surface area contributed by atoms with E-state index in [0.29, 0.717) is 0 Å². The van der Waals surface area contributed by atoms with Crippen molar-refractivity contribution in [3.05, 3.63) is 65.7 Å². The summed E-state index contributed by atoms with van der Waals surface area (Å²) in [5.74, 6) is 1.55. The van der Waals surface area contributed by atoms with Crippen LogP contribution >= 0.6 is 0 Å². The highest BCUT2D eigenvalue weighted by atomic mass is 15.3. The lowest BCUT2D eigenvalue weighted by molar-refractivity contribution is 0.260. The minimum atomic E-state index is 0.219. The summed E-state index contributed by atoms with van der Waals surface area (Å²) in [6, 6.07) is 12.8. The first kappa shape index (κ1) is 15.8. The second-order valence-corrected chi connectivity index (χ2v) is 6.95. The molecule has 0 radical (unpaired) electrons. The van der Waals surface area contributed by atoms with Crippen molar-refractivity contribution in [2.24, 2.45) is 0 Å². The summed E-state index contributed by atoms with van der Waals surface area (Å²) in [7, 11) is 0. The predicted molar refractivity (Wildman–Crippen MR) is 99.1 cm³/mol. The van der Waals surface area contributed by atoms with Gasteiger partial charge in [-0.1, -0.05) is 36.8 Å². The standard InChI is InChI=1S/C20H23N5/c1-15-11-16(2)25(24-15)19-13-21-12-18(23-19)22-14-20(9-6-10-20)17-7-4-3-5-8-17/h3-5,7-8,11-13H,6,9-10,14H2,1-2H3,(H,22,23). The molecule has 0 amide bonds. The van der Waals surface area contributed by atoms with E-state index in [2.05, 4.69) is 45.7 Å². The molecule has 1 aliphatic carbocycles.